The molecule has 0 aliphatic carbocycles. The third-order valence-corrected chi connectivity index (χ3v) is 3.82. The van der Waals surface area contributed by atoms with Crippen LogP contribution in [-0.2, 0) is 11.3 Å². The van der Waals surface area contributed by atoms with E-state index in [9.17, 15) is 4.79 Å². The van der Waals surface area contributed by atoms with Crippen molar-refractivity contribution in [3.8, 4) is 0 Å². The molecular formula is C16H22IN5OS. The topological polar surface area (TPSA) is 78.4 Å². The van der Waals surface area contributed by atoms with Crippen LogP contribution in [0.25, 0.3) is 0 Å². The third kappa shape index (κ3) is 7.26. The van der Waals surface area contributed by atoms with Crippen LogP contribution >= 0.6 is 35.3 Å². The van der Waals surface area contributed by atoms with Gasteiger partial charge < -0.3 is 16.0 Å². The second-order valence-electron chi connectivity index (χ2n) is 5.00. The summed E-state index contributed by atoms with van der Waals surface area (Å²) in [6.45, 7) is 3.17. The van der Waals surface area contributed by atoms with Crippen molar-refractivity contribution in [2.24, 2.45) is 4.99 Å². The second kappa shape index (κ2) is 11.0. The summed E-state index contributed by atoms with van der Waals surface area (Å²) < 4.78 is 0. The molecular weight excluding hydrogens is 437 g/mol. The number of carbonyl (C=O) groups is 1. The van der Waals surface area contributed by atoms with Crippen molar-refractivity contribution in [3.05, 3.63) is 46.3 Å². The zero-order valence-electron chi connectivity index (χ0n) is 13.7. The van der Waals surface area contributed by atoms with Gasteiger partial charge in [-0.3, -0.25) is 9.79 Å². The third-order valence-electron chi connectivity index (χ3n) is 3.09. The Balaban J connectivity index is 0.00000288. The molecule has 0 bridgehead atoms. The van der Waals surface area contributed by atoms with Gasteiger partial charge in [0.1, 0.15) is 5.82 Å². The first kappa shape index (κ1) is 20.4. The molecule has 0 atom stereocenters. The molecule has 2 rings (SSSR count). The van der Waals surface area contributed by atoms with Gasteiger partial charge >= 0.3 is 0 Å². The Morgan fingerprint density at radius 3 is 2.75 bits per heavy atom. The maximum Gasteiger partial charge on any atom is 0.227 e. The smallest absolute Gasteiger partial charge is 0.227 e. The van der Waals surface area contributed by atoms with Crippen molar-refractivity contribution >= 4 is 53.0 Å². The number of thiophene rings is 1. The summed E-state index contributed by atoms with van der Waals surface area (Å²) in [5.41, 5.74) is 2.27. The molecule has 0 aliphatic rings. The first-order valence-electron chi connectivity index (χ1n) is 7.35. The Labute approximate surface area is 163 Å². The van der Waals surface area contributed by atoms with Crippen molar-refractivity contribution in [1.82, 2.24) is 15.6 Å². The van der Waals surface area contributed by atoms with Gasteiger partial charge in [-0.25, -0.2) is 4.98 Å². The van der Waals surface area contributed by atoms with E-state index in [1.165, 1.54) is 5.56 Å². The summed E-state index contributed by atoms with van der Waals surface area (Å²) in [5, 5.41) is 13.2. The van der Waals surface area contributed by atoms with Crippen molar-refractivity contribution in [1.29, 1.82) is 0 Å². The largest absolute Gasteiger partial charge is 0.356 e. The van der Waals surface area contributed by atoms with E-state index in [0.29, 0.717) is 31.3 Å². The Bertz CT molecular complexity index is 643. The molecule has 8 heteroatoms. The molecule has 2 aromatic rings. The first-order valence-corrected chi connectivity index (χ1v) is 8.30. The Hall–Kier alpha value is -1.68. The lowest BCUT2D eigenvalue weighted by Gasteiger charge is -2.11. The average molecular weight is 459 g/mol. The fraction of sp³-hybridized carbons (Fsp3) is 0.312. The zero-order valence-corrected chi connectivity index (χ0v) is 16.9. The van der Waals surface area contributed by atoms with Gasteiger partial charge in [0.25, 0.3) is 0 Å². The number of nitrogens with one attached hydrogen (secondary N) is 3. The normalized spacial score (nSPS) is 10.7. The van der Waals surface area contributed by atoms with Crippen LogP contribution in [0.4, 0.5) is 5.82 Å². The maximum absolute atomic E-state index is 11.9. The molecule has 2 heterocycles. The van der Waals surface area contributed by atoms with Gasteiger partial charge in [-0.1, -0.05) is 6.07 Å². The highest BCUT2D eigenvalue weighted by Gasteiger charge is 2.04. The zero-order chi connectivity index (χ0) is 16.5. The van der Waals surface area contributed by atoms with Crippen molar-refractivity contribution in [2.45, 2.75) is 19.9 Å². The number of aromatic nitrogens is 1. The van der Waals surface area contributed by atoms with E-state index in [1.54, 1.807) is 30.6 Å². The van der Waals surface area contributed by atoms with E-state index in [2.05, 4.69) is 37.4 Å². The van der Waals surface area contributed by atoms with E-state index < -0.39 is 0 Å². The van der Waals surface area contributed by atoms with Crippen molar-refractivity contribution in [2.75, 3.05) is 18.9 Å². The van der Waals surface area contributed by atoms with E-state index in [0.717, 1.165) is 5.56 Å². The van der Waals surface area contributed by atoms with Crippen LogP contribution in [0.15, 0.2) is 40.1 Å². The number of pyridine rings is 1. The van der Waals surface area contributed by atoms with Gasteiger partial charge in [0.15, 0.2) is 5.96 Å². The van der Waals surface area contributed by atoms with Crippen LogP contribution in [0.1, 0.15) is 17.5 Å². The molecule has 0 saturated carbocycles. The highest BCUT2D eigenvalue weighted by Crippen LogP contribution is 2.05. The molecule has 0 fully saturated rings. The number of amides is 1. The number of aryl methyl sites for hydroxylation is 1. The molecule has 24 heavy (non-hydrogen) atoms. The molecule has 1 amide bonds. The number of aliphatic imine (C=N–C) groups is 1. The predicted molar refractivity (Wildman–Crippen MR) is 110 cm³/mol. The van der Waals surface area contributed by atoms with Crippen LogP contribution < -0.4 is 16.0 Å². The summed E-state index contributed by atoms with van der Waals surface area (Å²) in [6, 6.07) is 5.77. The SMILES string of the molecule is CN=C(NCCC(=O)Nc1ccc(C)cn1)NCc1ccsc1.I. The van der Waals surface area contributed by atoms with Gasteiger partial charge in [0.05, 0.1) is 0 Å². The van der Waals surface area contributed by atoms with E-state index in [1.807, 2.05) is 18.4 Å². The monoisotopic (exact) mass is 459 g/mol. The molecule has 0 saturated heterocycles. The number of carbonyl (C=O) groups excluding carboxylic acids is 1. The molecule has 3 N–H and O–H groups in total. The Morgan fingerprint density at radius 1 is 1.29 bits per heavy atom. The number of guanidine groups is 1. The molecule has 2 aromatic heterocycles. The minimum atomic E-state index is -0.0814. The second-order valence-corrected chi connectivity index (χ2v) is 5.78. The number of hydrogen-bond donors (Lipinski definition) is 3. The van der Waals surface area contributed by atoms with Gasteiger partial charge in [0.2, 0.25) is 5.91 Å². The lowest BCUT2D eigenvalue weighted by molar-refractivity contribution is -0.116. The number of halogens is 1. The minimum absolute atomic E-state index is 0. The quantitative estimate of drug-likeness (QED) is 0.353. The lowest BCUT2D eigenvalue weighted by Crippen LogP contribution is -2.38. The number of rotatable bonds is 6. The van der Waals surface area contributed by atoms with E-state index in [-0.39, 0.29) is 29.9 Å². The van der Waals surface area contributed by atoms with Crippen LogP contribution in [-0.4, -0.2) is 30.4 Å². The van der Waals surface area contributed by atoms with Gasteiger partial charge in [-0.15, -0.1) is 24.0 Å². The van der Waals surface area contributed by atoms with Crippen molar-refractivity contribution < 1.29 is 4.79 Å². The molecule has 0 spiro atoms. The minimum Gasteiger partial charge on any atom is -0.356 e. The summed E-state index contributed by atoms with van der Waals surface area (Å²) in [4.78, 5) is 20.1. The summed E-state index contributed by atoms with van der Waals surface area (Å²) >= 11 is 1.66. The number of hydrogen-bond acceptors (Lipinski definition) is 4. The number of anilines is 1. The molecule has 130 valence electrons. The van der Waals surface area contributed by atoms with E-state index >= 15 is 0 Å². The fourth-order valence-electron chi connectivity index (χ4n) is 1.84. The van der Waals surface area contributed by atoms with Crippen LogP contribution in [0, 0.1) is 6.92 Å². The van der Waals surface area contributed by atoms with Gasteiger partial charge in [0, 0.05) is 32.8 Å². The van der Waals surface area contributed by atoms with Gasteiger partial charge in [-0.05, 0) is 40.9 Å². The molecule has 0 unspecified atom stereocenters. The van der Waals surface area contributed by atoms with Crippen LogP contribution in [0.5, 0.6) is 0 Å². The maximum atomic E-state index is 11.9. The Kier molecular flexibility index (Phi) is 9.31. The molecule has 0 aromatic carbocycles. The standard InChI is InChI=1S/C16H21N5OS.HI/c1-12-3-4-14(19-9-12)21-15(22)5-7-18-16(17-2)20-10-13-6-8-23-11-13;/h3-4,6,8-9,11H,5,7,10H2,1-2H3,(H2,17,18,20)(H,19,21,22);1H. The van der Waals surface area contributed by atoms with Crippen molar-refractivity contribution in [3.63, 3.8) is 0 Å². The van der Waals surface area contributed by atoms with Crippen LogP contribution in [0.3, 0.4) is 0 Å². The predicted octanol–water partition coefficient (Wildman–Crippen LogP) is 2.76. The molecule has 0 aliphatic heterocycles. The van der Waals surface area contributed by atoms with E-state index in [4.69, 9.17) is 0 Å². The average Bonchev–Trinajstić information content (AvgIpc) is 3.06. The molecule has 0 radical (unpaired) electrons. The fourth-order valence-corrected chi connectivity index (χ4v) is 2.51. The summed E-state index contributed by atoms with van der Waals surface area (Å²) in [6.07, 6.45) is 2.07. The highest BCUT2D eigenvalue weighted by atomic mass is 127. The highest BCUT2D eigenvalue weighted by molar-refractivity contribution is 14.0. The number of nitrogens with zero attached hydrogens (tertiary/aromatic N) is 2. The Morgan fingerprint density at radius 2 is 2.12 bits per heavy atom. The lowest BCUT2D eigenvalue weighted by atomic mass is 10.3. The summed E-state index contributed by atoms with van der Waals surface area (Å²) in [7, 11) is 1.71. The first-order chi connectivity index (χ1) is 11.2. The molecule has 6 nitrogen and oxygen atoms in total. The van der Waals surface area contributed by atoms with Crippen LogP contribution in [0.2, 0.25) is 0 Å². The van der Waals surface area contributed by atoms with Gasteiger partial charge in [-0.2, -0.15) is 11.3 Å². The summed E-state index contributed by atoms with van der Waals surface area (Å²) in [5.74, 6) is 1.17.